The Morgan fingerprint density at radius 3 is 2.29 bits per heavy atom. The minimum Gasteiger partial charge on any atom is -0.497 e. The van der Waals surface area contributed by atoms with E-state index in [0.29, 0.717) is 31.1 Å². The van der Waals surface area contributed by atoms with E-state index in [0.717, 1.165) is 96.4 Å². The summed E-state index contributed by atoms with van der Waals surface area (Å²) >= 11 is 0. The number of sulfonamides is 1. The monoisotopic (exact) mass is 809 g/mol. The number of carbonyl (C=O) groups is 2. The van der Waals surface area contributed by atoms with Gasteiger partial charge in [-0.2, -0.15) is 5.10 Å². The fourth-order valence-corrected chi connectivity index (χ4v) is 10.3. The van der Waals surface area contributed by atoms with Crippen LogP contribution in [0, 0.1) is 0 Å². The lowest BCUT2D eigenvalue weighted by Crippen LogP contribution is -2.56. The number of piperazine rings is 1. The first-order chi connectivity index (χ1) is 27.7. The number of likely N-dealkylation sites (tertiary alicyclic amines) is 1. The van der Waals surface area contributed by atoms with Crippen LogP contribution in [0.3, 0.4) is 0 Å². The Labute approximate surface area is 343 Å². The Bertz CT molecular complexity index is 2350. The van der Waals surface area contributed by atoms with E-state index < -0.39 is 21.2 Å². The fourth-order valence-electron chi connectivity index (χ4n) is 9.73. The molecule has 0 bridgehead atoms. The van der Waals surface area contributed by atoms with Crippen LogP contribution in [0.4, 0.5) is 0 Å². The summed E-state index contributed by atoms with van der Waals surface area (Å²) in [5.74, 6) is 0.392. The topological polar surface area (TPSA) is 122 Å². The lowest BCUT2D eigenvalue weighted by Gasteiger charge is -2.42. The van der Waals surface area contributed by atoms with Crippen molar-refractivity contribution in [1.29, 1.82) is 0 Å². The summed E-state index contributed by atoms with van der Waals surface area (Å²) in [7, 11) is 2.11. The Balaban J connectivity index is 1.35. The average molecular weight is 810 g/mol. The number of benzene rings is 2. The molecule has 1 N–H and O–H groups in total. The van der Waals surface area contributed by atoms with Gasteiger partial charge in [0.25, 0.3) is 11.8 Å². The van der Waals surface area contributed by atoms with Crippen LogP contribution < -0.4 is 9.46 Å². The van der Waals surface area contributed by atoms with Gasteiger partial charge in [-0.05, 0) is 140 Å². The summed E-state index contributed by atoms with van der Waals surface area (Å²) < 4.78 is 38.3. The number of piperidine rings is 1. The predicted octanol–water partition coefficient (Wildman–Crippen LogP) is 7.01. The number of aromatic nitrogens is 3. The van der Waals surface area contributed by atoms with E-state index in [4.69, 9.17) is 9.84 Å². The zero-order valence-corrected chi connectivity index (χ0v) is 35.9. The second-order valence-corrected chi connectivity index (χ2v) is 19.8. The number of allylic oxidation sites excluding steroid dienone is 1. The molecule has 13 heteroatoms. The normalized spacial score (nSPS) is 21.4. The smallest absolute Gasteiger partial charge is 0.264 e. The largest absolute Gasteiger partial charge is 0.497 e. The molecule has 8 rings (SSSR count). The van der Waals surface area contributed by atoms with Crippen LogP contribution in [-0.4, -0.2) is 114 Å². The number of likely N-dealkylation sites (N-methyl/N-ethyl adjacent to an activating group) is 1. The van der Waals surface area contributed by atoms with E-state index in [9.17, 15) is 18.0 Å². The molecule has 12 nitrogen and oxygen atoms in total. The van der Waals surface area contributed by atoms with Crippen molar-refractivity contribution < 1.29 is 22.7 Å². The van der Waals surface area contributed by atoms with Crippen LogP contribution in [0.2, 0.25) is 0 Å². The summed E-state index contributed by atoms with van der Waals surface area (Å²) in [6, 6.07) is 12.4. The fraction of sp³-hybridized carbons (Fsp3) is 0.533. The lowest BCUT2D eigenvalue weighted by atomic mass is 9.81. The lowest BCUT2D eigenvalue weighted by molar-refractivity contribution is 0.0413. The SMILES string of the molecule is COc1ccc2c(c1)C=C(c1c(C(=O)N3C[C@@H](C)N(C)[C@@H](C)C3)cnn1C1CCN(C)CC1)Cn1c-2c(C2CCCCC2)c2ccc(C(=O)NS(=O)(=O)C(C)C)cc21. The second kappa shape index (κ2) is 16.0. The van der Waals surface area contributed by atoms with Crippen molar-refractivity contribution in [2.75, 3.05) is 47.4 Å². The molecule has 4 aliphatic rings. The van der Waals surface area contributed by atoms with Crippen molar-refractivity contribution in [2.24, 2.45) is 0 Å². The standard InChI is InChI=1S/C45H59N7O5S/c1-28(2)58(55,56)47-44(53)32-13-15-38-40(23-32)51-27-34(21-33-22-36(57-7)14-16-37(33)43(51)41(38)31-11-9-8-10-12-31)42-39(24-46-52(42)35-17-19-48(5)20-18-35)45(54)50-25-29(3)49(6)30(4)26-50/h13-16,21-24,28-31,35H,8-12,17-20,25-27H2,1-7H3,(H,47,53)/t29-,30+. The third kappa shape index (κ3) is 7.38. The first kappa shape index (κ1) is 40.3. The van der Waals surface area contributed by atoms with Gasteiger partial charge in [-0.1, -0.05) is 25.3 Å². The summed E-state index contributed by atoms with van der Waals surface area (Å²) in [6.45, 7) is 11.0. The summed E-state index contributed by atoms with van der Waals surface area (Å²) in [5.41, 5.74) is 7.93. The Morgan fingerprint density at radius 2 is 1.62 bits per heavy atom. The van der Waals surface area contributed by atoms with Gasteiger partial charge in [0, 0.05) is 47.2 Å². The second-order valence-electron chi connectivity index (χ2n) is 17.5. The molecule has 0 unspecified atom stereocenters. The quantitative estimate of drug-likeness (QED) is 0.202. The highest BCUT2D eigenvalue weighted by molar-refractivity contribution is 7.90. The molecular weight excluding hydrogens is 751 g/mol. The van der Waals surface area contributed by atoms with E-state index in [-0.39, 0.29) is 29.6 Å². The van der Waals surface area contributed by atoms with Gasteiger partial charge in [0.15, 0.2) is 0 Å². The summed E-state index contributed by atoms with van der Waals surface area (Å²) in [6.07, 6.45) is 11.5. The molecule has 4 aromatic rings. The van der Waals surface area contributed by atoms with Crippen molar-refractivity contribution in [3.63, 3.8) is 0 Å². The minimum absolute atomic E-state index is 0.0113. The van der Waals surface area contributed by atoms with Crippen molar-refractivity contribution in [3.8, 4) is 17.0 Å². The summed E-state index contributed by atoms with van der Waals surface area (Å²) in [5, 5.41) is 5.37. The zero-order valence-electron chi connectivity index (χ0n) is 35.1. The first-order valence-corrected chi connectivity index (χ1v) is 22.7. The molecule has 2 saturated heterocycles. The van der Waals surface area contributed by atoms with Gasteiger partial charge in [-0.15, -0.1) is 0 Å². The Kier molecular flexibility index (Phi) is 11.1. The highest BCUT2D eigenvalue weighted by Gasteiger charge is 2.36. The highest BCUT2D eigenvalue weighted by Crippen LogP contribution is 2.48. The molecule has 310 valence electrons. The highest BCUT2D eigenvalue weighted by atomic mass is 32.2. The number of nitrogens with zero attached hydrogens (tertiary/aromatic N) is 6. The number of carbonyl (C=O) groups excluding carboxylic acids is 2. The van der Waals surface area contributed by atoms with Gasteiger partial charge < -0.3 is 19.1 Å². The molecule has 2 amide bonds. The maximum atomic E-state index is 14.9. The minimum atomic E-state index is -3.85. The van der Waals surface area contributed by atoms with Gasteiger partial charge in [0.2, 0.25) is 10.0 Å². The number of rotatable bonds is 8. The molecule has 1 saturated carbocycles. The predicted molar refractivity (Wildman–Crippen MR) is 230 cm³/mol. The van der Waals surface area contributed by atoms with Crippen molar-refractivity contribution in [2.45, 2.75) is 108 Å². The third-order valence-electron chi connectivity index (χ3n) is 13.4. The van der Waals surface area contributed by atoms with Crippen LogP contribution in [0.15, 0.2) is 42.6 Å². The maximum absolute atomic E-state index is 14.9. The number of hydrogen-bond acceptors (Lipinski definition) is 8. The summed E-state index contributed by atoms with van der Waals surface area (Å²) in [4.78, 5) is 35.2. The van der Waals surface area contributed by atoms with Gasteiger partial charge >= 0.3 is 0 Å². The maximum Gasteiger partial charge on any atom is 0.264 e. The Morgan fingerprint density at radius 1 is 0.914 bits per heavy atom. The molecular formula is C45H59N7O5S. The van der Waals surface area contributed by atoms with Crippen molar-refractivity contribution in [1.82, 2.24) is 33.8 Å². The molecule has 2 aromatic carbocycles. The molecule has 5 heterocycles. The number of amides is 2. The Hall–Kier alpha value is -4.46. The molecule has 2 atom stereocenters. The van der Waals surface area contributed by atoms with Crippen LogP contribution in [0.1, 0.15) is 122 Å². The van der Waals surface area contributed by atoms with E-state index in [2.05, 4.69) is 69.9 Å². The average Bonchev–Trinajstić information content (AvgIpc) is 3.74. The molecule has 1 aliphatic carbocycles. The van der Waals surface area contributed by atoms with E-state index in [1.165, 1.54) is 12.0 Å². The number of ether oxygens (including phenoxy) is 1. The van der Waals surface area contributed by atoms with Crippen LogP contribution >= 0.6 is 0 Å². The molecule has 2 aromatic heterocycles. The molecule has 0 radical (unpaired) electrons. The molecule has 3 fully saturated rings. The van der Waals surface area contributed by atoms with Gasteiger partial charge in [-0.25, -0.2) is 13.1 Å². The molecule has 3 aliphatic heterocycles. The van der Waals surface area contributed by atoms with Gasteiger partial charge in [0.1, 0.15) is 5.75 Å². The number of fused-ring (bicyclic) bond motifs is 5. The third-order valence-corrected chi connectivity index (χ3v) is 15.1. The van der Waals surface area contributed by atoms with E-state index in [1.807, 2.05) is 23.1 Å². The molecule has 0 spiro atoms. The molecule has 58 heavy (non-hydrogen) atoms. The van der Waals surface area contributed by atoms with Crippen LogP contribution in [-0.2, 0) is 16.6 Å². The van der Waals surface area contributed by atoms with E-state index >= 15 is 0 Å². The first-order valence-electron chi connectivity index (χ1n) is 21.1. The zero-order chi connectivity index (χ0) is 41.0. The van der Waals surface area contributed by atoms with Gasteiger partial charge in [-0.3, -0.25) is 19.2 Å². The number of hydrogen-bond donors (Lipinski definition) is 1. The number of nitrogens with one attached hydrogen (secondary N) is 1. The van der Waals surface area contributed by atoms with E-state index in [1.54, 1.807) is 33.2 Å². The van der Waals surface area contributed by atoms with Crippen LogP contribution in [0.25, 0.3) is 33.8 Å². The van der Waals surface area contributed by atoms with Crippen LogP contribution in [0.5, 0.6) is 5.75 Å². The van der Waals surface area contributed by atoms with Crippen molar-refractivity contribution in [3.05, 3.63) is 70.5 Å². The van der Waals surface area contributed by atoms with Crippen molar-refractivity contribution >= 4 is 44.4 Å². The number of methoxy groups -OCH3 is 1. The van der Waals surface area contributed by atoms with Gasteiger partial charge in [0.05, 0.1) is 48.1 Å².